The van der Waals surface area contributed by atoms with Crippen molar-refractivity contribution < 1.29 is 14.7 Å². The van der Waals surface area contributed by atoms with Gasteiger partial charge in [0.15, 0.2) is 0 Å². The first-order valence-electron chi connectivity index (χ1n) is 2.40. The predicted octanol–water partition coefficient (Wildman–Crippen LogP) is 0.602. The second-order valence-electron chi connectivity index (χ2n) is 1.46. The molecule has 0 aromatic heterocycles. The van der Waals surface area contributed by atoms with Gasteiger partial charge in [0.25, 0.3) is 0 Å². The molecule has 0 saturated heterocycles. The van der Waals surface area contributed by atoms with Crippen LogP contribution >= 0.6 is 0 Å². The van der Waals surface area contributed by atoms with Gasteiger partial charge in [-0.3, -0.25) is 9.59 Å². The van der Waals surface area contributed by atoms with Crippen LogP contribution in [0.4, 0.5) is 0 Å². The van der Waals surface area contributed by atoms with E-state index >= 15 is 0 Å². The highest BCUT2D eigenvalue weighted by molar-refractivity contribution is 5.94. The van der Waals surface area contributed by atoms with Crippen LogP contribution in [0.5, 0.6) is 0 Å². The van der Waals surface area contributed by atoms with E-state index in [1.807, 2.05) is 0 Å². The normalized spacial score (nSPS) is 7.67. The van der Waals surface area contributed by atoms with E-state index in [4.69, 9.17) is 5.11 Å². The van der Waals surface area contributed by atoms with Crippen LogP contribution in [0.3, 0.4) is 0 Å². The fourth-order valence-corrected chi connectivity index (χ4v) is 0.294. The van der Waals surface area contributed by atoms with Gasteiger partial charge < -0.3 is 11.3 Å². The zero-order valence-corrected chi connectivity index (χ0v) is 5.39. The Kier molecular flexibility index (Phi) is 6.39. The Bertz CT molecular complexity index is 111. The minimum absolute atomic E-state index is 0. The molecule has 0 aromatic rings. The van der Waals surface area contributed by atoms with E-state index in [9.17, 15) is 9.59 Å². The summed E-state index contributed by atoms with van der Waals surface area (Å²) in [7, 11) is 0. The molecule has 0 amide bonds. The standard InChI is InChI=1S/C5H8O3.H3N/c1-2-4(6)3-5(7)8;/h2-3H2,1H3,(H,7,8);1H3. The highest BCUT2D eigenvalue weighted by Crippen LogP contribution is 1.86. The molecule has 4 N–H and O–H groups in total. The largest absolute Gasteiger partial charge is 0.481 e. The lowest BCUT2D eigenvalue weighted by atomic mass is 10.2. The van der Waals surface area contributed by atoms with E-state index in [1.165, 1.54) is 0 Å². The lowest BCUT2D eigenvalue weighted by Gasteiger charge is -1.86. The van der Waals surface area contributed by atoms with E-state index in [0.29, 0.717) is 6.42 Å². The summed E-state index contributed by atoms with van der Waals surface area (Å²) in [6.45, 7) is 1.64. The number of carbonyl (C=O) groups is 2. The molecule has 0 radical (unpaired) electrons. The molecule has 0 rings (SSSR count). The zero-order valence-electron chi connectivity index (χ0n) is 5.39. The molecule has 0 atom stereocenters. The highest BCUT2D eigenvalue weighted by atomic mass is 16.4. The Hall–Kier alpha value is -0.900. The summed E-state index contributed by atoms with van der Waals surface area (Å²) in [6, 6.07) is 0. The van der Waals surface area contributed by atoms with Crippen LogP contribution in [0.2, 0.25) is 0 Å². The maximum atomic E-state index is 10.2. The van der Waals surface area contributed by atoms with Crippen LogP contribution in [-0.4, -0.2) is 16.9 Å². The number of carbonyl (C=O) groups excluding carboxylic acids is 1. The fraction of sp³-hybridized carbons (Fsp3) is 0.600. The molecule has 0 spiro atoms. The monoisotopic (exact) mass is 133 g/mol. The van der Waals surface area contributed by atoms with E-state index in [0.717, 1.165) is 0 Å². The second-order valence-corrected chi connectivity index (χ2v) is 1.46. The second kappa shape index (κ2) is 5.24. The van der Waals surface area contributed by atoms with Crippen molar-refractivity contribution in [3.05, 3.63) is 0 Å². The summed E-state index contributed by atoms with van der Waals surface area (Å²) < 4.78 is 0. The molecule has 0 aliphatic heterocycles. The predicted molar refractivity (Wildman–Crippen MR) is 32.6 cm³/mol. The van der Waals surface area contributed by atoms with Gasteiger partial charge in [0.05, 0.1) is 0 Å². The topological polar surface area (TPSA) is 89.4 Å². The molecule has 54 valence electrons. The van der Waals surface area contributed by atoms with E-state index < -0.39 is 5.97 Å². The lowest BCUT2D eigenvalue weighted by Crippen LogP contribution is -2.04. The van der Waals surface area contributed by atoms with Crippen LogP contribution < -0.4 is 6.15 Å². The summed E-state index contributed by atoms with van der Waals surface area (Å²) in [6.07, 6.45) is -0.0250. The van der Waals surface area contributed by atoms with Gasteiger partial charge in [0.2, 0.25) is 0 Å². The minimum Gasteiger partial charge on any atom is -0.481 e. The number of ketones is 1. The van der Waals surface area contributed by atoms with E-state index in [-0.39, 0.29) is 18.4 Å². The minimum atomic E-state index is -1.04. The Morgan fingerprint density at radius 3 is 2.00 bits per heavy atom. The molecule has 0 saturated carbocycles. The summed E-state index contributed by atoms with van der Waals surface area (Å²) in [5.41, 5.74) is 0. The van der Waals surface area contributed by atoms with Crippen LogP contribution in [0.15, 0.2) is 0 Å². The fourth-order valence-electron chi connectivity index (χ4n) is 0.294. The number of hydrogen-bond acceptors (Lipinski definition) is 3. The third-order valence-corrected chi connectivity index (χ3v) is 0.743. The summed E-state index contributed by atoms with van der Waals surface area (Å²) in [5, 5.41) is 7.99. The van der Waals surface area contributed by atoms with Crippen molar-refractivity contribution in [3.63, 3.8) is 0 Å². The van der Waals surface area contributed by atoms with Crippen molar-refractivity contribution in [2.75, 3.05) is 0 Å². The Morgan fingerprint density at radius 2 is 1.89 bits per heavy atom. The Morgan fingerprint density at radius 1 is 1.44 bits per heavy atom. The molecule has 0 aliphatic rings. The lowest BCUT2D eigenvalue weighted by molar-refractivity contribution is -0.140. The van der Waals surface area contributed by atoms with Crippen molar-refractivity contribution >= 4 is 11.8 Å². The Labute approximate surface area is 53.5 Å². The first kappa shape index (κ1) is 11.0. The molecular formula is C5H11NO3. The van der Waals surface area contributed by atoms with Gasteiger partial charge in [-0.2, -0.15) is 0 Å². The van der Waals surface area contributed by atoms with Gasteiger partial charge in [0.1, 0.15) is 12.2 Å². The third kappa shape index (κ3) is 7.10. The van der Waals surface area contributed by atoms with Crippen molar-refractivity contribution in [3.8, 4) is 0 Å². The molecule has 0 aromatic carbocycles. The SMILES string of the molecule is CCC(=O)CC(=O)O.N. The number of hydrogen-bond donors (Lipinski definition) is 2. The molecule has 0 heterocycles. The van der Waals surface area contributed by atoms with Crippen LogP contribution in [0, 0.1) is 0 Å². The number of aliphatic carboxylic acids is 1. The smallest absolute Gasteiger partial charge is 0.310 e. The zero-order chi connectivity index (χ0) is 6.57. The number of Topliss-reactive ketones (excluding diaryl/α,β-unsaturated/α-hetero) is 1. The highest BCUT2D eigenvalue weighted by Gasteiger charge is 2.02. The molecule has 0 aliphatic carbocycles. The first-order chi connectivity index (χ1) is 3.66. The molecule has 0 unspecified atom stereocenters. The maximum absolute atomic E-state index is 10.2. The van der Waals surface area contributed by atoms with Gasteiger partial charge >= 0.3 is 5.97 Å². The number of carboxylic acids is 1. The maximum Gasteiger partial charge on any atom is 0.310 e. The van der Waals surface area contributed by atoms with Crippen molar-refractivity contribution in [2.24, 2.45) is 0 Å². The van der Waals surface area contributed by atoms with Gasteiger partial charge in [-0.1, -0.05) is 6.92 Å². The van der Waals surface area contributed by atoms with Crippen molar-refractivity contribution in [1.82, 2.24) is 6.15 Å². The van der Waals surface area contributed by atoms with E-state index in [1.54, 1.807) is 6.92 Å². The van der Waals surface area contributed by atoms with E-state index in [2.05, 4.69) is 0 Å². The molecular weight excluding hydrogens is 122 g/mol. The van der Waals surface area contributed by atoms with Crippen LogP contribution in [0.1, 0.15) is 19.8 Å². The van der Waals surface area contributed by atoms with Crippen LogP contribution in [0.25, 0.3) is 0 Å². The van der Waals surface area contributed by atoms with Gasteiger partial charge in [-0.25, -0.2) is 0 Å². The average molecular weight is 133 g/mol. The molecule has 0 bridgehead atoms. The summed E-state index contributed by atoms with van der Waals surface area (Å²) in [4.78, 5) is 20.0. The quantitative estimate of drug-likeness (QED) is 0.551. The van der Waals surface area contributed by atoms with Gasteiger partial charge in [0, 0.05) is 6.42 Å². The first-order valence-corrected chi connectivity index (χ1v) is 2.40. The van der Waals surface area contributed by atoms with Crippen molar-refractivity contribution in [1.29, 1.82) is 0 Å². The molecule has 4 heteroatoms. The number of rotatable bonds is 3. The third-order valence-electron chi connectivity index (χ3n) is 0.743. The molecule has 0 fully saturated rings. The Balaban J connectivity index is 0. The van der Waals surface area contributed by atoms with Crippen molar-refractivity contribution in [2.45, 2.75) is 19.8 Å². The molecule has 9 heavy (non-hydrogen) atoms. The number of carboxylic acid groups (broad SMARTS) is 1. The summed E-state index contributed by atoms with van der Waals surface area (Å²) >= 11 is 0. The van der Waals surface area contributed by atoms with Crippen LogP contribution in [-0.2, 0) is 9.59 Å². The summed E-state index contributed by atoms with van der Waals surface area (Å²) in [5.74, 6) is -1.27. The molecule has 4 nitrogen and oxygen atoms in total. The van der Waals surface area contributed by atoms with Gasteiger partial charge in [-0.15, -0.1) is 0 Å². The van der Waals surface area contributed by atoms with Gasteiger partial charge in [-0.05, 0) is 0 Å². The average Bonchev–Trinajstić information content (AvgIpc) is 1.65.